The first-order chi connectivity index (χ1) is 7.36. The van der Waals surface area contributed by atoms with E-state index in [9.17, 15) is 4.79 Å². The maximum Gasteiger partial charge on any atom is 0.317 e. The maximum atomic E-state index is 11.5. The summed E-state index contributed by atoms with van der Waals surface area (Å²) in [6.45, 7) is 8.90. The van der Waals surface area contributed by atoms with Crippen LogP contribution in [0.2, 0.25) is 0 Å². The van der Waals surface area contributed by atoms with Crippen molar-refractivity contribution in [3.63, 3.8) is 0 Å². The van der Waals surface area contributed by atoms with Gasteiger partial charge in [-0.1, -0.05) is 0 Å². The Kier molecular flexibility index (Phi) is 4.19. The second kappa shape index (κ2) is 5.04. The molecule has 1 fully saturated rings. The molecule has 1 aliphatic heterocycles. The van der Waals surface area contributed by atoms with E-state index in [-0.39, 0.29) is 11.6 Å². The van der Waals surface area contributed by atoms with Gasteiger partial charge in [0.15, 0.2) is 0 Å². The molecule has 0 aliphatic carbocycles. The van der Waals surface area contributed by atoms with Crippen LogP contribution in [0.5, 0.6) is 0 Å². The quantitative estimate of drug-likeness (QED) is 0.737. The van der Waals surface area contributed by atoms with Crippen molar-refractivity contribution in [3.05, 3.63) is 0 Å². The zero-order valence-electron chi connectivity index (χ0n) is 11.2. The molecular weight excluding hydrogens is 202 g/mol. The Labute approximate surface area is 99.0 Å². The lowest BCUT2D eigenvalue weighted by Gasteiger charge is -2.42. The van der Waals surface area contributed by atoms with Crippen LogP contribution in [0.3, 0.4) is 0 Å². The van der Waals surface area contributed by atoms with Crippen molar-refractivity contribution in [2.75, 3.05) is 27.2 Å². The Hall–Kier alpha value is -0.770. The minimum Gasteiger partial charge on any atom is -0.341 e. The Morgan fingerprint density at radius 3 is 2.19 bits per heavy atom. The number of carbonyl (C=O) groups is 1. The third-order valence-corrected chi connectivity index (χ3v) is 3.50. The molecule has 0 aromatic heterocycles. The SMILES string of the molecule is CNC(=O)N(C)C1CCN(C(C)(C)C)CC1. The molecule has 1 N–H and O–H groups in total. The van der Waals surface area contributed by atoms with Crippen LogP contribution in [0.15, 0.2) is 0 Å². The summed E-state index contributed by atoms with van der Waals surface area (Å²) in [5.41, 5.74) is 0.247. The van der Waals surface area contributed by atoms with Crippen LogP contribution in [0.4, 0.5) is 4.79 Å². The lowest BCUT2D eigenvalue weighted by atomic mass is 9.97. The molecule has 1 heterocycles. The topological polar surface area (TPSA) is 35.6 Å². The number of carbonyl (C=O) groups excluding carboxylic acids is 1. The molecule has 1 rings (SSSR count). The molecule has 0 spiro atoms. The maximum absolute atomic E-state index is 11.5. The molecule has 0 aromatic rings. The van der Waals surface area contributed by atoms with Crippen molar-refractivity contribution in [2.24, 2.45) is 0 Å². The lowest BCUT2D eigenvalue weighted by molar-refractivity contribution is 0.0740. The molecule has 0 radical (unpaired) electrons. The summed E-state index contributed by atoms with van der Waals surface area (Å²) in [6.07, 6.45) is 2.14. The fraction of sp³-hybridized carbons (Fsp3) is 0.917. The van der Waals surface area contributed by atoms with Gasteiger partial charge in [-0.25, -0.2) is 4.79 Å². The molecule has 0 aromatic carbocycles. The van der Waals surface area contributed by atoms with Gasteiger partial charge in [0.1, 0.15) is 0 Å². The second-order valence-corrected chi connectivity index (χ2v) is 5.56. The highest BCUT2D eigenvalue weighted by Gasteiger charge is 2.29. The van der Waals surface area contributed by atoms with E-state index >= 15 is 0 Å². The first kappa shape index (κ1) is 13.3. The van der Waals surface area contributed by atoms with Crippen LogP contribution in [0, 0.1) is 0 Å². The summed E-state index contributed by atoms with van der Waals surface area (Å²) >= 11 is 0. The fourth-order valence-electron chi connectivity index (χ4n) is 2.27. The van der Waals surface area contributed by atoms with Crippen molar-refractivity contribution in [1.29, 1.82) is 0 Å². The van der Waals surface area contributed by atoms with Crippen molar-refractivity contribution < 1.29 is 4.79 Å². The van der Waals surface area contributed by atoms with Crippen molar-refractivity contribution >= 4 is 6.03 Å². The van der Waals surface area contributed by atoms with E-state index in [1.165, 1.54) is 0 Å². The van der Waals surface area contributed by atoms with Crippen LogP contribution >= 0.6 is 0 Å². The summed E-state index contributed by atoms with van der Waals surface area (Å²) in [7, 11) is 3.57. The van der Waals surface area contributed by atoms with Gasteiger partial charge in [0, 0.05) is 38.8 Å². The number of piperidine rings is 1. The van der Waals surface area contributed by atoms with E-state index in [1.54, 1.807) is 7.05 Å². The molecule has 4 heteroatoms. The lowest BCUT2D eigenvalue weighted by Crippen LogP contribution is -2.52. The summed E-state index contributed by atoms with van der Waals surface area (Å²) in [6, 6.07) is 0.410. The Bertz CT molecular complexity index is 239. The Morgan fingerprint density at radius 2 is 1.81 bits per heavy atom. The standard InChI is InChI=1S/C12H25N3O/c1-12(2,3)15-8-6-10(7-9-15)14(5)11(16)13-4/h10H,6-9H2,1-5H3,(H,13,16). The summed E-state index contributed by atoms with van der Waals surface area (Å²) < 4.78 is 0. The number of hydrogen-bond acceptors (Lipinski definition) is 2. The molecular formula is C12H25N3O. The van der Waals surface area contributed by atoms with Crippen molar-refractivity contribution in [3.8, 4) is 0 Å². The van der Waals surface area contributed by atoms with Gasteiger partial charge < -0.3 is 10.2 Å². The minimum absolute atomic E-state index is 0.0224. The predicted molar refractivity (Wildman–Crippen MR) is 66.6 cm³/mol. The molecule has 16 heavy (non-hydrogen) atoms. The van der Waals surface area contributed by atoms with E-state index in [0.717, 1.165) is 25.9 Å². The van der Waals surface area contributed by atoms with Crippen LogP contribution in [0.25, 0.3) is 0 Å². The monoisotopic (exact) mass is 227 g/mol. The summed E-state index contributed by atoms with van der Waals surface area (Å²) in [5.74, 6) is 0. The van der Waals surface area contributed by atoms with E-state index in [1.807, 2.05) is 11.9 Å². The van der Waals surface area contributed by atoms with Gasteiger partial charge in [0.25, 0.3) is 0 Å². The molecule has 0 bridgehead atoms. The van der Waals surface area contributed by atoms with E-state index in [4.69, 9.17) is 0 Å². The average Bonchev–Trinajstić information content (AvgIpc) is 2.26. The van der Waals surface area contributed by atoms with Crippen LogP contribution in [-0.2, 0) is 0 Å². The molecule has 0 unspecified atom stereocenters. The van der Waals surface area contributed by atoms with Gasteiger partial charge in [-0.3, -0.25) is 4.90 Å². The molecule has 1 saturated heterocycles. The number of amides is 2. The first-order valence-electron chi connectivity index (χ1n) is 6.06. The van der Waals surface area contributed by atoms with E-state index < -0.39 is 0 Å². The van der Waals surface area contributed by atoms with E-state index in [0.29, 0.717) is 6.04 Å². The largest absolute Gasteiger partial charge is 0.341 e. The number of likely N-dealkylation sites (tertiary alicyclic amines) is 1. The average molecular weight is 227 g/mol. The van der Waals surface area contributed by atoms with Gasteiger partial charge in [-0.2, -0.15) is 0 Å². The Balaban J connectivity index is 2.46. The van der Waals surface area contributed by atoms with Gasteiger partial charge in [0.2, 0.25) is 0 Å². The number of urea groups is 1. The van der Waals surface area contributed by atoms with E-state index in [2.05, 4.69) is 31.0 Å². The van der Waals surface area contributed by atoms with Crippen LogP contribution < -0.4 is 5.32 Å². The van der Waals surface area contributed by atoms with Crippen LogP contribution in [-0.4, -0.2) is 54.6 Å². The van der Waals surface area contributed by atoms with Gasteiger partial charge >= 0.3 is 6.03 Å². The van der Waals surface area contributed by atoms with Gasteiger partial charge in [-0.05, 0) is 33.6 Å². The number of hydrogen-bond donors (Lipinski definition) is 1. The summed E-state index contributed by atoms with van der Waals surface area (Å²) in [5, 5.41) is 2.68. The highest BCUT2D eigenvalue weighted by molar-refractivity contribution is 5.73. The van der Waals surface area contributed by atoms with Crippen LogP contribution in [0.1, 0.15) is 33.6 Å². The number of nitrogens with one attached hydrogen (secondary N) is 1. The molecule has 2 amide bonds. The summed E-state index contributed by atoms with van der Waals surface area (Å²) in [4.78, 5) is 15.8. The minimum atomic E-state index is 0.0224. The number of rotatable bonds is 1. The number of nitrogens with zero attached hydrogens (tertiary/aromatic N) is 2. The zero-order valence-corrected chi connectivity index (χ0v) is 11.2. The van der Waals surface area contributed by atoms with Crippen molar-refractivity contribution in [1.82, 2.24) is 15.1 Å². The predicted octanol–water partition coefficient (Wildman–Crippen LogP) is 1.52. The zero-order chi connectivity index (χ0) is 12.3. The second-order valence-electron chi connectivity index (χ2n) is 5.56. The highest BCUT2D eigenvalue weighted by Crippen LogP contribution is 2.22. The smallest absolute Gasteiger partial charge is 0.317 e. The molecule has 1 aliphatic rings. The van der Waals surface area contributed by atoms with Gasteiger partial charge in [-0.15, -0.1) is 0 Å². The fourth-order valence-corrected chi connectivity index (χ4v) is 2.27. The van der Waals surface area contributed by atoms with Crippen molar-refractivity contribution in [2.45, 2.75) is 45.2 Å². The molecule has 4 nitrogen and oxygen atoms in total. The third kappa shape index (κ3) is 3.11. The normalized spacial score (nSPS) is 19.6. The first-order valence-corrected chi connectivity index (χ1v) is 6.06. The third-order valence-electron chi connectivity index (χ3n) is 3.50. The molecule has 0 atom stereocenters. The molecule has 0 saturated carbocycles. The molecule has 94 valence electrons. The Morgan fingerprint density at radius 1 is 1.31 bits per heavy atom. The highest BCUT2D eigenvalue weighted by atomic mass is 16.2. The van der Waals surface area contributed by atoms with Gasteiger partial charge in [0.05, 0.1) is 0 Å².